The van der Waals surface area contributed by atoms with Gasteiger partial charge in [-0.2, -0.15) is 0 Å². The molecule has 0 bridgehead atoms. The molecule has 0 amide bonds. The van der Waals surface area contributed by atoms with Crippen molar-refractivity contribution in [3.05, 3.63) is 30.1 Å². The third-order valence-electron chi connectivity index (χ3n) is 4.67. The first-order valence-corrected chi connectivity index (χ1v) is 7.90. The lowest BCUT2D eigenvalue weighted by molar-refractivity contribution is -0.0760. The maximum absolute atomic E-state index is 6.05. The Hall–Kier alpha value is -0.930. The topological polar surface area (TPSA) is 34.2 Å². The van der Waals surface area contributed by atoms with E-state index in [1.54, 1.807) is 0 Å². The van der Waals surface area contributed by atoms with Gasteiger partial charge >= 0.3 is 0 Å². The van der Waals surface area contributed by atoms with Crippen molar-refractivity contribution in [3.8, 4) is 0 Å². The molecule has 0 saturated heterocycles. The summed E-state index contributed by atoms with van der Waals surface area (Å²) < 4.78 is 6.05. The second kappa shape index (κ2) is 7.19. The maximum Gasteiger partial charge on any atom is 0.0873 e. The standard InChI is InChI=1S/C17H28N2O/c1-4-11-19-16(15-6-5-12-18-13-15)17(20-3)9-7-14(2)8-10-17/h5-6,12-14,16,19H,4,7-11H2,1-3H3. The molecule has 1 saturated carbocycles. The van der Waals surface area contributed by atoms with Gasteiger partial charge in [0.15, 0.2) is 0 Å². The van der Waals surface area contributed by atoms with Crippen molar-refractivity contribution in [2.75, 3.05) is 13.7 Å². The van der Waals surface area contributed by atoms with Gasteiger partial charge in [0.1, 0.15) is 0 Å². The molecule has 0 aliphatic heterocycles. The molecular formula is C17H28N2O. The van der Waals surface area contributed by atoms with Gasteiger partial charge < -0.3 is 10.1 Å². The van der Waals surface area contributed by atoms with E-state index in [2.05, 4.69) is 30.2 Å². The summed E-state index contributed by atoms with van der Waals surface area (Å²) >= 11 is 0. The summed E-state index contributed by atoms with van der Waals surface area (Å²) in [6.07, 6.45) is 9.70. The number of nitrogens with zero attached hydrogens (tertiary/aromatic N) is 1. The first-order chi connectivity index (χ1) is 9.72. The van der Waals surface area contributed by atoms with Crippen molar-refractivity contribution in [2.24, 2.45) is 5.92 Å². The zero-order valence-corrected chi connectivity index (χ0v) is 13.1. The molecule has 1 atom stereocenters. The molecule has 1 aromatic rings. The van der Waals surface area contributed by atoms with Crippen molar-refractivity contribution >= 4 is 0 Å². The summed E-state index contributed by atoms with van der Waals surface area (Å²) in [7, 11) is 1.87. The van der Waals surface area contributed by atoms with Crippen LogP contribution in [0.15, 0.2) is 24.5 Å². The zero-order chi connectivity index (χ0) is 14.4. The van der Waals surface area contributed by atoms with Crippen LogP contribution in [0, 0.1) is 5.92 Å². The Morgan fingerprint density at radius 2 is 2.20 bits per heavy atom. The number of pyridine rings is 1. The van der Waals surface area contributed by atoms with Crippen LogP contribution >= 0.6 is 0 Å². The predicted molar refractivity (Wildman–Crippen MR) is 82.6 cm³/mol. The molecule has 0 spiro atoms. The minimum absolute atomic E-state index is 0.0787. The van der Waals surface area contributed by atoms with Gasteiger partial charge in [-0.15, -0.1) is 0 Å². The smallest absolute Gasteiger partial charge is 0.0873 e. The number of nitrogens with one attached hydrogen (secondary N) is 1. The zero-order valence-electron chi connectivity index (χ0n) is 13.1. The third-order valence-corrected chi connectivity index (χ3v) is 4.67. The summed E-state index contributed by atoms with van der Waals surface area (Å²) in [5.41, 5.74) is 1.17. The van der Waals surface area contributed by atoms with Crippen molar-refractivity contribution in [2.45, 2.75) is 57.6 Å². The van der Waals surface area contributed by atoms with Crippen LogP contribution in [-0.4, -0.2) is 24.2 Å². The normalized spacial score (nSPS) is 28.2. The summed E-state index contributed by atoms with van der Waals surface area (Å²) in [5, 5.41) is 3.70. The molecule has 0 radical (unpaired) electrons. The Morgan fingerprint density at radius 1 is 1.45 bits per heavy atom. The highest BCUT2D eigenvalue weighted by molar-refractivity contribution is 5.19. The van der Waals surface area contributed by atoms with Crippen molar-refractivity contribution in [1.29, 1.82) is 0 Å². The van der Waals surface area contributed by atoms with E-state index in [0.717, 1.165) is 31.7 Å². The molecule has 1 N–H and O–H groups in total. The van der Waals surface area contributed by atoms with Crippen LogP contribution in [-0.2, 0) is 4.74 Å². The summed E-state index contributed by atoms with van der Waals surface area (Å²) in [6.45, 7) is 5.56. The van der Waals surface area contributed by atoms with Crippen molar-refractivity contribution in [1.82, 2.24) is 10.3 Å². The van der Waals surface area contributed by atoms with Gasteiger partial charge in [0.05, 0.1) is 11.6 Å². The van der Waals surface area contributed by atoms with E-state index in [1.807, 2.05) is 25.6 Å². The molecule has 20 heavy (non-hydrogen) atoms. The Balaban J connectivity index is 2.24. The number of ether oxygens (including phenoxy) is 1. The number of aromatic nitrogens is 1. The minimum atomic E-state index is -0.0787. The second-order valence-corrected chi connectivity index (χ2v) is 6.12. The molecule has 1 aliphatic carbocycles. The van der Waals surface area contributed by atoms with Gasteiger partial charge in [-0.05, 0) is 56.2 Å². The molecule has 112 valence electrons. The maximum atomic E-state index is 6.05. The van der Waals surface area contributed by atoms with E-state index in [0.29, 0.717) is 0 Å². The van der Waals surface area contributed by atoms with E-state index in [1.165, 1.54) is 18.4 Å². The van der Waals surface area contributed by atoms with Crippen molar-refractivity contribution in [3.63, 3.8) is 0 Å². The molecule has 3 nitrogen and oxygen atoms in total. The molecule has 1 unspecified atom stereocenters. The van der Waals surface area contributed by atoms with Gasteiger partial charge in [0.25, 0.3) is 0 Å². The Labute approximate surface area is 123 Å². The Bertz CT molecular complexity index is 385. The van der Waals surface area contributed by atoms with E-state index in [4.69, 9.17) is 4.74 Å². The summed E-state index contributed by atoms with van der Waals surface area (Å²) in [6, 6.07) is 4.43. The van der Waals surface area contributed by atoms with Crippen LogP contribution in [0.1, 0.15) is 57.6 Å². The highest BCUT2D eigenvalue weighted by Gasteiger charge is 2.42. The van der Waals surface area contributed by atoms with Crippen LogP contribution in [0.2, 0.25) is 0 Å². The van der Waals surface area contributed by atoms with Gasteiger partial charge in [-0.25, -0.2) is 0 Å². The number of hydrogen-bond donors (Lipinski definition) is 1. The number of methoxy groups -OCH3 is 1. The number of rotatable bonds is 6. The molecule has 1 aliphatic rings. The van der Waals surface area contributed by atoms with Gasteiger partial charge in [0, 0.05) is 19.5 Å². The number of hydrogen-bond acceptors (Lipinski definition) is 3. The van der Waals surface area contributed by atoms with Crippen LogP contribution in [0.5, 0.6) is 0 Å². The molecule has 1 heterocycles. The Morgan fingerprint density at radius 3 is 2.75 bits per heavy atom. The van der Waals surface area contributed by atoms with E-state index in [-0.39, 0.29) is 11.6 Å². The van der Waals surface area contributed by atoms with Gasteiger partial charge in [-0.3, -0.25) is 4.98 Å². The van der Waals surface area contributed by atoms with Crippen molar-refractivity contribution < 1.29 is 4.74 Å². The Kier molecular flexibility index (Phi) is 5.55. The lowest BCUT2D eigenvalue weighted by Gasteiger charge is -2.44. The first kappa shape index (κ1) is 15.5. The highest BCUT2D eigenvalue weighted by Crippen LogP contribution is 2.42. The fraction of sp³-hybridized carbons (Fsp3) is 0.706. The van der Waals surface area contributed by atoms with Crippen LogP contribution in [0.4, 0.5) is 0 Å². The van der Waals surface area contributed by atoms with Crippen LogP contribution < -0.4 is 5.32 Å². The largest absolute Gasteiger partial charge is 0.376 e. The van der Waals surface area contributed by atoms with E-state index < -0.39 is 0 Å². The van der Waals surface area contributed by atoms with Crippen LogP contribution in [0.25, 0.3) is 0 Å². The highest BCUT2D eigenvalue weighted by atomic mass is 16.5. The van der Waals surface area contributed by atoms with Gasteiger partial charge in [0.2, 0.25) is 0 Å². The molecule has 0 aromatic carbocycles. The quantitative estimate of drug-likeness (QED) is 0.860. The average Bonchev–Trinajstić information content (AvgIpc) is 2.51. The third kappa shape index (κ3) is 3.39. The summed E-state index contributed by atoms with van der Waals surface area (Å²) in [4.78, 5) is 4.29. The second-order valence-electron chi connectivity index (χ2n) is 6.12. The van der Waals surface area contributed by atoms with E-state index in [9.17, 15) is 0 Å². The van der Waals surface area contributed by atoms with E-state index >= 15 is 0 Å². The first-order valence-electron chi connectivity index (χ1n) is 7.90. The predicted octanol–water partition coefficient (Wildman–Crippen LogP) is 3.72. The van der Waals surface area contributed by atoms with Crippen LogP contribution in [0.3, 0.4) is 0 Å². The van der Waals surface area contributed by atoms with Gasteiger partial charge in [-0.1, -0.05) is 19.9 Å². The lowest BCUT2D eigenvalue weighted by Crippen LogP contribution is -2.48. The SMILES string of the molecule is CCCNC(c1cccnc1)C1(OC)CCC(C)CC1. The monoisotopic (exact) mass is 276 g/mol. The molecule has 1 aromatic heterocycles. The minimum Gasteiger partial charge on any atom is -0.376 e. The summed E-state index contributed by atoms with van der Waals surface area (Å²) in [5.74, 6) is 0.819. The molecular weight excluding hydrogens is 248 g/mol. The fourth-order valence-electron chi connectivity index (χ4n) is 3.30. The fourth-order valence-corrected chi connectivity index (χ4v) is 3.30. The lowest BCUT2D eigenvalue weighted by atomic mass is 9.73. The average molecular weight is 276 g/mol. The molecule has 3 heteroatoms. The molecule has 1 fully saturated rings. The molecule has 2 rings (SSSR count).